The van der Waals surface area contributed by atoms with Crippen LogP contribution in [0, 0.1) is 5.82 Å². The summed E-state index contributed by atoms with van der Waals surface area (Å²) in [5.41, 5.74) is 6.79. The molecule has 0 atom stereocenters. The summed E-state index contributed by atoms with van der Waals surface area (Å²) in [6.07, 6.45) is 9.85. The molecule has 4 rings (SSSR count). The van der Waals surface area contributed by atoms with E-state index < -0.39 is 17.1 Å². The van der Waals surface area contributed by atoms with Crippen molar-refractivity contribution in [2.45, 2.75) is 18.3 Å². The van der Waals surface area contributed by atoms with Crippen molar-refractivity contribution >= 4 is 5.91 Å². The first-order valence-electron chi connectivity index (χ1n) is 7.64. The second kappa shape index (κ2) is 5.66. The van der Waals surface area contributed by atoms with Gasteiger partial charge in [0.1, 0.15) is 12.0 Å². The van der Waals surface area contributed by atoms with Crippen LogP contribution in [0.2, 0.25) is 0 Å². The molecule has 1 fully saturated rings. The molecule has 1 amide bonds. The van der Waals surface area contributed by atoms with E-state index in [1.54, 1.807) is 12.4 Å². The maximum Gasteiger partial charge on any atom is 0.229 e. The predicted molar refractivity (Wildman–Crippen MR) is 86.4 cm³/mol. The summed E-state index contributed by atoms with van der Waals surface area (Å²) in [7, 11) is 0. The third kappa shape index (κ3) is 2.51. The van der Waals surface area contributed by atoms with Crippen LogP contribution in [0.1, 0.15) is 18.5 Å². The molecule has 0 bridgehead atoms. The Bertz CT molecular complexity index is 958. The molecule has 0 radical (unpaired) electrons. The van der Waals surface area contributed by atoms with Gasteiger partial charge in [-0.05, 0) is 18.9 Å². The standard InChI is InChI=1S/C17H13FN6O/c18-12-7-20-4-1-11(12)15-14(10-5-21-9-22-6-10)24-13(8-23-15)17(2-3-17)16(19)25/h1,4-9H,2-3H2,(H2,19,25). The molecule has 3 aromatic heterocycles. The van der Waals surface area contributed by atoms with Gasteiger partial charge >= 0.3 is 0 Å². The number of rotatable bonds is 4. The largest absolute Gasteiger partial charge is 0.369 e. The summed E-state index contributed by atoms with van der Waals surface area (Å²) in [5, 5.41) is 0. The number of hydrogen-bond donors (Lipinski definition) is 1. The molecule has 7 nitrogen and oxygen atoms in total. The topological polar surface area (TPSA) is 108 Å². The zero-order chi connectivity index (χ0) is 17.4. The minimum Gasteiger partial charge on any atom is -0.369 e. The molecule has 0 unspecified atom stereocenters. The van der Waals surface area contributed by atoms with Crippen LogP contribution in [0.4, 0.5) is 4.39 Å². The zero-order valence-corrected chi connectivity index (χ0v) is 13.1. The molecular weight excluding hydrogens is 323 g/mol. The van der Waals surface area contributed by atoms with Crippen LogP contribution in [0.15, 0.2) is 43.4 Å². The van der Waals surface area contributed by atoms with Gasteiger partial charge in [-0.25, -0.2) is 19.3 Å². The van der Waals surface area contributed by atoms with E-state index in [9.17, 15) is 9.18 Å². The lowest BCUT2D eigenvalue weighted by Crippen LogP contribution is -2.29. The molecule has 0 saturated heterocycles. The Balaban J connectivity index is 1.94. The number of primary amides is 1. The molecule has 2 N–H and O–H groups in total. The number of aromatic nitrogens is 5. The van der Waals surface area contributed by atoms with Gasteiger partial charge in [-0.3, -0.25) is 14.8 Å². The van der Waals surface area contributed by atoms with Gasteiger partial charge in [0.05, 0.1) is 29.2 Å². The second-order valence-electron chi connectivity index (χ2n) is 5.88. The first-order valence-corrected chi connectivity index (χ1v) is 7.64. The summed E-state index contributed by atoms with van der Waals surface area (Å²) < 4.78 is 14.2. The first kappa shape index (κ1) is 15.3. The van der Waals surface area contributed by atoms with Crippen LogP contribution in [0.5, 0.6) is 0 Å². The van der Waals surface area contributed by atoms with Crippen molar-refractivity contribution in [2.75, 3.05) is 0 Å². The second-order valence-corrected chi connectivity index (χ2v) is 5.88. The van der Waals surface area contributed by atoms with E-state index >= 15 is 0 Å². The van der Waals surface area contributed by atoms with Gasteiger partial charge in [0.15, 0.2) is 5.82 Å². The highest BCUT2D eigenvalue weighted by molar-refractivity contribution is 5.89. The lowest BCUT2D eigenvalue weighted by atomic mass is 10.0. The van der Waals surface area contributed by atoms with Crippen molar-refractivity contribution in [1.29, 1.82) is 0 Å². The van der Waals surface area contributed by atoms with Crippen LogP contribution < -0.4 is 5.73 Å². The minimum absolute atomic E-state index is 0.261. The molecule has 1 aliphatic carbocycles. The predicted octanol–water partition coefficient (Wildman–Crippen LogP) is 1.65. The van der Waals surface area contributed by atoms with Crippen molar-refractivity contribution in [1.82, 2.24) is 24.9 Å². The Morgan fingerprint density at radius 2 is 1.84 bits per heavy atom. The SMILES string of the molecule is NC(=O)C1(c2cnc(-c3ccncc3F)c(-c3cncnc3)n2)CC1. The Morgan fingerprint density at radius 1 is 1.08 bits per heavy atom. The summed E-state index contributed by atoms with van der Waals surface area (Å²) in [6.45, 7) is 0. The van der Waals surface area contributed by atoms with Gasteiger partial charge in [-0.1, -0.05) is 0 Å². The number of amides is 1. The Hall–Kier alpha value is -3.29. The van der Waals surface area contributed by atoms with Crippen LogP contribution in [0.25, 0.3) is 22.5 Å². The van der Waals surface area contributed by atoms with Gasteiger partial charge in [0.25, 0.3) is 0 Å². The number of nitrogens with two attached hydrogens (primary N) is 1. The molecule has 0 aliphatic heterocycles. The fraction of sp³-hybridized carbons (Fsp3) is 0.176. The van der Waals surface area contributed by atoms with E-state index in [-0.39, 0.29) is 5.56 Å². The number of pyridine rings is 1. The van der Waals surface area contributed by atoms with E-state index in [4.69, 9.17) is 5.73 Å². The average Bonchev–Trinajstić information content (AvgIpc) is 3.45. The number of carbonyl (C=O) groups excluding carboxylic acids is 1. The highest BCUT2D eigenvalue weighted by Gasteiger charge is 2.52. The molecule has 8 heteroatoms. The monoisotopic (exact) mass is 336 g/mol. The van der Waals surface area contributed by atoms with E-state index in [0.29, 0.717) is 35.5 Å². The van der Waals surface area contributed by atoms with Crippen LogP contribution in [-0.2, 0) is 10.2 Å². The fourth-order valence-electron chi connectivity index (χ4n) is 2.76. The molecule has 3 aromatic rings. The Morgan fingerprint density at radius 3 is 2.48 bits per heavy atom. The molecule has 0 spiro atoms. The number of nitrogens with zero attached hydrogens (tertiary/aromatic N) is 5. The van der Waals surface area contributed by atoms with Crippen molar-refractivity contribution < 1.29 is 9.18 Å². The summed E-state index contributed by atoms with van der Waals surface area (Å²) >= 11 is 0. The third-order valence-electron chi connectivity index (χ3n) is 4.35. The average molecular weight is 336 g/mol. The smallest absolute Gasteiger partial charge is 0.229 e. The highest BCUT2D eigenvalue weighted by atomic mass is 19.1. The van der Waals surface area contributed by atoms with E-state index in [0.717, 1.165) is 6.20 Å². The lowest BCUT2D eigenvalue weighted by molar-refractivity contribution is -0.120. The van der Waals surface area contributed by atoms with Crippen LogP contribution in [0.3, 0.4) is 0 Å². The van der Waals surface area contributed by atoms with Crippen LogP contribution >= 0.6 is 0 Å². The Labute approximate surface area is 142 Å². The van der Waals surface area contributed by atoms with Gasteiger partial charge in [-0.15, -0.1) is 0 Å². The van der Waals surface area contributed by atoms with Crippen molar-refractivity contribution in [3.8, 4) is 22.5 Å². The summed E-state index contributed by atoms with van der Waals surface area (Å²) in [4.78, 5) is 32.5. The van der Waals surface area contributed by atoms with Crippen molar-refractivity contribution in [3.63, 3.8) is 0 Å². The van der Waals surface area contributed by atoms with Crippen LogP contribution in [-0.4, -0.2) is 30.8 Å². The zero-order valence-electron chi connectivity index (χ0n) is 13.1. The van der Waals surface area contributed by atoms with E-state index in [2.05, 4.69) is 24.9 Å². The summed E-state index contributed by atoms with van der Waals surface area (Å²) in [6, 6.07) is 1.52. The lowest BCUT2D eigenvalue weighted by Gasteiger charge is -2.14. The third-order valence-corrected chi connectivity index (χ3v) is 4.35. The first-order chi connectivity index (χ1) is 12.1. The van der Waals surface area contributed by atoms with Gasteiger partial charge < -0.3 is 5.73 Å². The quantitative estimate of drug-likeness (QED) is 0.776. The number of carbonyl (C=O) groups is 1. The molecule has 25 heavy (non-hydrogen) atoms. The van der Waals surface area contributed by atoms with Gasteiger partial charge in [-0.2, -0.15) is 0 Å². The highest BCUT2D eigenvalue weighted by Crippen LogP contribution is 2.47. The molecule has 1 saturated carbocycles. The van der Waals surface area contributed by atoms with Crippen molar-refractivity contribution in [2.24, 2.45) is 5.73 Å². The van der Waals surface area contributed by atoms with Crippen molar-refractivity contribution in [3.05, 3.63) is 54.9 Å². The maximum atomic E-state index is 14.2. The molecule has 3 heterocycles. The molecule has 124 valence electrons. The van der Waals surface area contributed by atoms with Gasteiger partial charge in [0.2, 0.25) is 5.91 Å². The summed E-state index contributed by atoms with van der Waals surface area (Å²) in [5.74, 6) is -0.946. The fourth-order valence-corrected chi connectivity index (χ4v) is 2.76. The van der Waals surface area contributed by atoms with E-state index in [1.807, 2.05) is 0 Å². The number of halogens is 1. The van der Waals surface area contributed by atoms with E-state index in [1.165, 1.54) is 24.8 Å². The molecule has 1 aliphatic rings. The molecular formula is C17H13FN6O. The van der Waals surface area contributed by atoms with Gasteiger partial charge in [0, 0.05) is 29.7 Å². The maximum absolute atomic E-state index is 14.2. The minimum atomic E-state index is -0.785. The number of hydrogen-bond acceptors (Lipinski definition) is 6. The molecule has 0 aromatic carbocycles. The normalized spacial score (nSPS) is 14.9. The Kier molecular flexibility index (Phi) is 3.45.